The fraction of sp³-hybridized carbons (Fsp3) is 0.571. The van der Waals surface area contributed by atoms with Gasteiger partial charge in [0.1, 0.15) is 17.6 Å². The first kappa shape index (κ1) is 24.3. The molecule has 32 heavy (non-hydrogen) atoms. The first-order valence-electron chi connectivity index (χ1n) is 12.3. The summed E-state index contributed by atoms with van der Waals surface area (Å²) in [6.45, 7) is 4.28. The predicted molar refractivity (Wildman–Crippen MR) is 132 cm³/mol. The van der Waals surface area contributed by atoms with E-state index in [1.165, 1.54) is 5.57 Å². The summed E-state index contributed by atoms with van der Waals surface area (Å²) in [4.78, 5) is 25.1. The van der Waals surface area contributed by atoms with Crippen LogP contribution in [-0.2, 0) is 20.7 Å². The number of para-hydroxylation sites is 1. The molecule has 0 heterocycles. The molecule has 0 spiro atoms. The summed E-state index contributed by atoms with van der Waals surface area (Å²) in [6, 6.07) is 7.27. The molecule has 2 aliphatic carbocycles. The van der Waals surface area contributed by atoms with Crippen LogP contribution in [0, 0.1) is 11.3 Å². The van der Waals surface area contributed by atoms with Gasteiger partial charge in [-0.3, -0.25) is 9.59 Å². The molecule has 1 aromatic rings. The molecular weight excluding hydrogens is 400 g/mol. The number of unbranched alkanes of at least 4 members (excludes halogenated alkanes) is 1. The van der Waals surface area contributed by atoms with Crippen LogP contribution in [0.4, 0.5) is 0 Å². The van der Waals surface area contributed by atoms with Crippen molar-refractivity contribution < 1.29 is 22.3 Å². The van der Waals surface area contributed by atoms with E-state index in [1.807, 2.05) is 12.1 Å². The van der Waals surface area contributed by atoms with Gasteiger partial charge in [0.05, 0.1) is 6.42 Å². The smallest absolute Gasteiger partial charge is 0.306 e. The van der Waals surface area contributed by atoms with E-state index >= 15 is 0 Å². The number of phenols is 1. The highest BCUT2D eigenvalue weighted by molar-refractivity contribution is 5.78. The maximum atomic E-state index is 12.7. The number of carbonyl (C=O) groups excluding carboxylic acids is 2. The third-order valence-corrected chi connectivity index (χ3v) is 6.92. The molecule has 0 saturated heterocycles. The SMILES string of the molecule is CCCC[C@H](CCC(=O)CCCc1ccccc1O)OC(=O)CC12C=CC(CC)=CC1C2.[HH].[HH]. The lowest BCUT2D eigenvalue weighted by atomic mass is 9.92. The van der Waals surface area contributed by atoms with Crippen molar-refractivity contribution >= 4 is 11.8 Å². The van der Waals surface area contributed by atoms with E-state index in [4.69, 9.17) is 4.74 Å². The largest absolute Gasteiger partial charge is 0.508 e. The summed E-state index contributed by atoms with van der Waals surface area (Å²) >= 11 is 0. The maximum Gasteiger partial charge on any atom is 0.306 e. The summed E-state index contributed by atoms with van der Waals surface area (Å²) in [7, 11) is 0. The average molecular weight is 443 g/mol. The van der Waals surface area contributed by atoms with Gasteiger partial charge in [0.25, 0.3) is 0 Å². The number of aromatic hydroxyl groups is 1. The number of allylic oxidation sites excluding steroid dienone is 4. The van der Waals surface area contributed by atoms with Crippen molar-refractivity contribution in [3.05, 3.63) is 53.6 Å². The van der Waals surface area contributed by atoms with Crippen LogP contribution in [0.25, 0.3) is 0 Å². The van der Waals surface area contributed by atoms with Gasteiger partial charge in [-0.25, -0.2) is 0 Å². The third-order valence-electron chi connectivity index (χ3n) is 6.92. The van der Waals surface area contributed by atoms with Crippen LogP contribution in [0.15, 0.2) is 48.1 Å². The van der Waals surface area contributed by atoms with Gasteiger partial charge in [-0.1, -0.05) is 68.7 Å². The van der Waals surface area contributed by atoms with Gasteiger partial charge in [0.15, 0.2) is 0 Å². The van der Waals surface area contributed by atoms with Crippen LogP contribution in [0.1, 0.15) is 86.5 Å². The molecule has 178 valence electrons. The number of fused-ring (bicyclic) bond motifs is 1. The first-order valence-corrected chi connectivity index (χ1v) is 12.3. The molecular formula is C28H42O4. The molecule has 3 atom stereocenters. The summed E-state index contributed by atoms with van der Waals surface area (Å²) in [5, 5.41) is 9.84. The van der Waals surface area contributed by atoms with E-state index in [0.717, 1.165) is 44.1 Å². The zero-order chi connectivity index (χ0) is 23.0. The monoisotopic (exact) mass is 442 g/mol. The minimum atomic E-state index is -0.174. The van der Waals surface area contributed by atoms with Crippen molar-refractivity contribution in [2.75, 3.05) is 0 Å². The molecule has 3 rings (SSSR count). The lowest BCUT2D eigenvalue weighted by Crippen LogP contribution is -2.22. The molecule has 2 aliphatic rings. The number of esters is 1. The van der Waals surface area contributed by atoms with Gasteiger partial charge in [0.2, 0.25) is 0 Å². The highest BCUT2D eigenvalue weighted by atomic mass is 16.5. The van der Waals surface area contributed by atoms with Crippen molar-refractivity contribution in [1.29, 1.82) is 0 Å². The van der Waals surface area contributed by atoms with Crippen LogP contribution in [-0.4, -0.2) is 23.0 Å². The number of hydrogen-bond donors (Lipinski definition) is 1. The van der Waals surface area contributed by atoms with Crippen LogP contribution < -0.4 is 0 Å². The van der Waals surface area contributed by atoms with E-state index in [9.17, 15) is 14.7 Å². The fourth-order valence-corrected chi connectivity index (χ4v) is 4.69. The Morgan fingerprint density at radius 1 is 1.19 bits per heavy atom. The molecule has 0 bridgehead atoms. The molecule has 4 nitrogen and oxygen atoms in total. The Morgan fingerprint density at radius 2 is 2.00 bits per heavy atom. The van der Waals surface area contributed by atoms with Crippen molar-refractivity contribution in [3.63, 3.8) is 0 Å². The molecule has 4 heteroatoms. The number of phenolic OH excluding ortho intramolecular Hbond substituents is 1. The second-order valence-corrected chi connectivity index (χ2v) is 9.46. The van der Waals surface area contributed by atoms with Crippen molar-refractivity contribution in [2.24, 2.45) is 11.3 Å². The van der Waals surface area contributed by atoms with Crippen LogP contribution in [0.5, 0.6) is 5.75 Å². The zero-order valence-corrected chi connectivity index (χ0v) is 19.6. The van der Waals surface area contributed by atoms with E-state index in [2.05, 4.69) is 32.1 Å². The molecule has 0 radical (unpaired) electrons. The zero-order valence-electron chi connectivity index (χ0n) is 19.6. The molecule has 1 aromatic carbocycles. The number of hydrogen-bond acceptors (Lipinski definition) is 4. The number of Topliss-reactive ketones (excluding diaryl/α,β-unsaturated/α-hetero) is 1. The van der Waals surface area contributed by atoms with Crippen molar-refractivity contribution in [2.45, 2.75) is 90.6 Å². The normalized spacial score (nSPS) is 22.1. The summed E-state index contributed by atoms with van der Waals surface area (Å²) in [5.41, 5.74) is 2.22. The van der Waals surface area contributed by atoms with Crippen molar-refractivity contribution in [1.82, 2.24) is 0 Å². The molecule has 0 amide bonds. The summed E-state index contributed by atoms with van der Waals surface area (Å²) < 4.78 is 5.86. The van der Waals surface area contributed by atoms with Gasteiger partial charge in [0, 0.05) is 21.1 Å². The predicted octanol–water partition coefficient (Wildman–Crippen LogP) is 6.96. The quantitative estimate of drug-likeness (QED) is 0.316. The molecule has 0 aliphatic heterocycles. The fourth-order valence-electron chi connectivity index (χ4n) is 4.69. The molecule has 0 aromatic heterocycles. The number of benzene rings is 1. The Kier molecular flexibility index (Phi) is 8.72. The molecule has 2 unspecified atom stereocenters. The highest BCUT2D eigenvalue weighted by Crippen LogP contribution is 2.59. The second kappa shape index (κ2) is 11.5. The topological polar surface area (TPSA) is 63.6 Å². The van der Waals surface area contributed by atoms with Gasteiger partial charge in [-0.2, -0.15) is 0 Å². The van der Waals surface area contributed by atoms with Gasteiger partial charge in [-0.05, 0) is 56.1 Å². The van der Waals surface area contributed by atoms with E-state index < -0.39 is 0 Å². The van der Waals surface area contributed by atoms with Crippen LogP contribution >= 0.6 is 0 Å². The second-order valence-electron chi connectivity index (χ2n) is 9.46. The highest BCUT2D eigenvalue weighted by Gasteiger charge is 2.53. The maximum absolute atomic E-state index is 12.7. The summed E-state index contributed by atoms with van der Waals surface area (Å²) in [6.07, 6.45) is 14.8. The number of rotatable bonds is 14. The van der Waals surface area contributed by atoms with Crippen LogP contribution in [0.3, 0.4) is 0 Å². The molecule has 1 fully saturated rings. The third kappa shape index (κ3) is 6.82. The van der Waals surface area contributed by atoms with Gasteiger partial charge >= 0.3 is 5.97 Å². The lowest BCUT2D eigenvalue weighted by Gasteiger charge is -2.20. The van der Waals surface area contributed by atoms with Crippen LogP contribution in [0.2, 0.25) is 0 Å². The first-order chi connectivity index (χ1) is 15.5. The van der Waals surface area contributed by atoms with E-state index in [1.54, 1.807) is 12.1 Å². The number of aryl methyl sites for hydroxylation is 1. The Morgan fingerprint density at radius 3 is 2.72 bits per heavy atom. The molecule has 1 N–H and O–H groups in total. The minimum Gasteiger partial charge on any atom is -0.508 e. The number of ether oxygens (including phenoxy) is 1. The Labute approximate surface area is 195 Å². The van der Waals surface area contributed by atoms with Gasteiger partial charge in [-0.15, -0.1) is 0 Å². The Hall–Kier alpha value is -2.36. The minimum absolute atomic E-state index is 0. The molecule has 1 saturated carbocycles. The Bertz CT molecular complexity index is 864. The Balaban J connectivity index is 0.00000289. The standard InChI is InChI=1S/C28H38O4.2H2/c1-3-5-12-25(15-14-24(29)11-8-10-22-9-6-7-13-26(22)30)32-27(31)20-28-17-16-21(4-2)18-23(28)19-28;;/h6-7,9,13,16-18,23,25,30H,3-5,8,10-12,14-15,19-20H2,1-2H3;2*1H/t23?,25-,28?;;/m1../s1. The van der Waals surface area contributed by atoms with Crippen molar-refractivity contribution in [3.8, 4) is 5.75 Å². The van der Waals surface area contributed by atoms with Gasteiger partial charge < -0.3 is 9.84 Å². The lowest BCUT2D eigenvalue weighted by molar-refractivity contribution is -0.151. The number of ketones is 1. The average Bonchev–Trinajstić information content (AvgIpc) is 3.49. The van der Waals surface area contributed by atoms with E-state index in [0.29, 0.717) is 38.0 Å². The summed E-state index contributed by atoms with van der Waals surface area (Å²) in [5.74, 6) is 0.845. The number of carbonyl (C=O) groups is 2. The van der Waals surface area contributed by atoms with E-state index in [-0.39, 0.29) is 31.9 Å².